The zero-order valence-electron chi connectivity index (χ0n) is 11.0. The second-order valence-electron chi connectivity index (χ2n) is 4.47. The number of rotatable bonds is 6. The summed E-state index contributed by atoms with van der Waals surface area (Å²) in [7, 11) is 0. The molecule has 0 bridgehead atoms. The van der Waals surface area contributed by atoms with Crippen molar-refractivity contribution >= 4 is 5.69 Å². The van der Waals surface area contributed by atoms with Crippen LogP contribution in [0.15, 0.2) is 60.7 Å². The first-order valence-corrected chi connectivity index (χ1v) is 6.61. The molecular formula is C17H18N2. The van der Waals surface area contributed by atoms with Crippen LogP contribution in [0.1, 0.15) is 12.0 Å². The first-order valence-electron chi connectivity index (χ1n) is 6.61. The van der Waals surface area contributed by atoms with Gasteiger partial charge in [-0.05, 0) is 24.1 Å². The van der Waals surface area contributed by atoms with Gasteiger partial charge in [0, 0.05) is 18.8 Å². The molecule has 2 aromatic rings. The Bertz CT molecular complexity index is 514. The summed E-state index contributed by atoms with van der Waals surface area (Å²) in [5, 5.41) is 8.77. The number of hydrogen-bond donors (Lipinski definition) is 0. The second kappa shape index (κ2) is 7.23. The molecule has 0 spiro atoms. The van der Waals surface area contributed by atoms with Crippen LogP contribution in [0.3, 0.4) is 0 Å². The molecule has 0 N–H and O–H groups in total. The predicted octanol–water partition coefficient (Wildman–Crippen LogP) is 3.65. The van der Waals surface area contributed by atoms with E-state index in [0.717, 1.165) is 19.5 Å². The zero-order chi connectivity index (χ0) is 13.3. The third-order valence-corrected chi connectivity index (χ3v) is 3.13. The van der Waals surface area contributed by atoms with Crippen molar-refractivity contribution < 1.29 is 0 Å². The molecule has 0 atom stereocenters. The van der Waals surface area contributed by atoms with Gasteiger partial charge in [0.1, 0.15) is 0 Å². The topological polar surface area (TPSA) is 27.0 Å². The number of hydrogen-bond acceptors (Lipinski definition) is 2. The SMILES string of the molecule is N#CCCN(CCc1ccccc1)c1ccccc1. The molecule has 0 radical (unpaired) electrons. The van der Waals surface area contributed by atoms with Gasteiger partial charge in [0.2, 0.25) is 0 Å². The van der Waals surface area contributed by atoms with Crippen molar-refractivity contribution in [1.82, 2.24) is 0 Å². The fraction of sp³-hybridized carbons (Fsp3) is 0.235. The predicted molar refractivity (Wildman–Crippen MR) is 79.0 cm³/mol. The van der Waals surface area contributed by atoms with Gasteiger partial charge in [-0.25, -0.2) is 0 Å². The average Bonchev–Trinajstić information content (AvgIpc) is 2.49. The summed E-state index contributed by atoms with van der Waals surface area (Å²) in [5.74, 6) is 0. The minimum atomic E-state index is 0.559. The lowest BCUT2D eigenvalue weighted by molar-refractivity contribution is 0.782. The summed E-state index contributed by atoms with van der Waals surface area (Å²) in [4.78, 5) is 2.27. The molecule has 0 heterocycles. The zero-order valence-corrected chi connectivity index (χ0v) is 11.0. The second-order valence-corrected chi connectivity index (χ2v) is 4.47. The van der Waals surface area contributed by atoms with E-state index in [1.54, 1.807) is 0 Å². The highest BCUT2D eigenvalue weighted by atomic mass is 15.1. The maximum Gasteiger partial charge on any atom is 0.0640 e. The molecule has 0 aliphatic carbocycles. The minimum absolute atomic E-state index is 0.559. The molecule has 19 heavy (non-hydrogen) atoms. The molecule has 2 heteroatoms. The molecule has 0 fully saturated rings. The highest BCUT2D eigenvalue weighted by Crippen LogP contribution is 2.14. The summed E-state index contributed by atoms with van der Waals surface area (Å²) >= 11 is 0. The van der Waals surface area contributed by atoms with Crippen molar-refractivity contribution in [2.75, 3.05) is 18.0 Å². The van der Waals surface area contributed by atoms with Gasteiger partial charge in [-0.3, -0.25) is 0 Å². The van der Waals surface area contributed by atoms with Crippen LogP contribution < -0.4 is 4.90 Å². The van der Waals surface area contributed by atoms with Crippen molar-refractivity contribution in [3.63, 3.8) is 0 Å². The number of nitrogens with zero attached hydrogens (tertiary/aromatic N) is 2. The lowest BCUT2D eigenvalue weighted by Gasteiger charge is -2.23. The maximum atomic E-state index is 8.77. The Morgan fingerprint density at radius 1 is 0.842 bits per heavy atom. The summed E-state index contributed by atoms with van der Waals surface area (Å²) in [6, 6.07) is 23.0. The highest BCUT2D eigenvalue weighted by molar-refractivity contribution is 5.46. The van der Waals surface area contributed by atoms with Crippen LogP contribution in [-0.4, -0.2) is 13.1 Å². The van der Waals surface area contributed by atoms with E-state index >= 15 is 0 Å². The summed E-state index contributed by atoms with van der Waals surface area (Å²) < 4.78 is 0. The average molecular weight is 250 g/mol. The Balaban J connectivity index is 2.00. The molecule has 0 aliphatic heterocycles. The summed E-state index contributed by atoms with van der Waals surface area (Å²) in [5.41, 5.74) is 2.52. The number of nitriles is 1. The van der Waals surface area contributed by atoms with Gasteiger partial charge in [-0.2, -0.15) is 5.26 Å². The van der Waals surface area contributed by atoms with Gasteiger partial charge in [0.05, 0.1) is 12.5 Å². The van der Waals surface area contributed by atoms with E-state index in [9.17, 15) is 0 Å². The van der Waals surface area contributed by atoms with Crippen LogP contribution in [0.5, 0.6) is 0 Å². The molecule has 2 aromatic carbocycles. The third-order valence-electron chi connectivity index (χ3n) is 3.13. The Hall–Kier alpha value is -2.27. The molecule has 2 rings (SSSR count). The Labute approximate surface area is 114 Å². The molecule has 0 saturated carbocycles. The van der Waals surface area contributed by atoms with Crippen molar-refractivity contribution in [3.05, 3.63) is 66.2 Å². The van der Waals surface area contributed by atoms with Crippen LogP contribution in [0.4, 0.5) is 5.69 Å². The van der Waals surface area contributed by atoms with E-state index in [0.29, 0.717) is 6.42 Å². The van der Waals surface area contributed by atoms with E-state index < -0.39 is 0 Å². The lowest BCUT2D eigenvalue weighted by Crippen LogP contribution is -2.26. The smallest absolute Gasteiger partial charge is 0.0640 e. The summed E-state index contributed by atoms with van der Waals surface area (Å²) in [6.45, 7) is 1.73. The Kier molecular flexibility index (Phi) is 5.01. The van der Waals surface area contributed by atoms with Gasteiger partial charge in [0.15, 0.2) is 0 Å². The first kappa shape index (κ1) is 13.2. The van der Waals surface area contributed by atoms with Gasteiger partial charge >= 0.3 is 0 Å². The van der Waals surface area contributed by atoms with Gasteiger partial charge in [-0.15, -0.1) is 0 Å². The minimum Gasteiger partial charge on any atom is -0.370 e. The van der Waals surface area contributed by atoms with Gasteiger partial charge in [-0.1, -0.05) is 48.5 Å². The Morgan fingerprint density at radius 2 is 1.47 bits per heavy atom. The quantitative estimate of drug-likeness (QED) is 0.782. The molecule has 0 unspecified atom stereocenters. The Morgan fingerprint density at radius 3 is 2.11 bits per heavy atom. The number of para-hydroxylation sites is 1. The molecule has 0 saturated heterocycles. The summed E-state index contributed by atoms with van der Waals surface area (Å²) in [6.07, 6.45) is 1.56. The monoisotopic (exact) mass is 250 g/mol. The van der Waals surface area contributed by atoms with Crippen molar-refractivity contribution in [1.29, 1.82) is 5.26 Å². The largest absolute Gasteiger partial charge is 0.370 e. The maximum absolute atomic E-state index is 8.77. The number of benzene rings is 2. The van der Waals surface area contributed by atoms with Crippen LogP contribution >= 0.6 is 0 Å². The fourth-order valence-corrected chi connectivity index (χ4v) is 2.10. The van der Waals surface area contributed by atoms with Crippen LogP contribution in [0, 0.1) is 11.3 Å². The molecule has 0 aromatic heterocycles. The van der Waals surface area contributed by atoms with Gasteiger partial charge in [0.25, 0.3) is 0 Å². The van der Waals surface area contributed by atoms with Crippen molar-refractivity contribution in [2.24, 2.45) is 0 Å². The van der Waals surface area contributed by atoms with Crippen LogP contribution in [-0.2, 0) is 6.42 Å². The van der Waals surface area contributed by atoms with E-state index in [1.807, 2.05) is 24.3 Å². The van der Waals surface area contributed by atoms with E-state index in [-0.39, 0.29) is 0 Å². The van der Waals surface area contributed by atoms with E-state index in [4.69, 9.17) is 5.26 Å². The molecule has 96 valence electrons. The standard InChI is InChI=1S/C17H18N2/c18-13-7-14-19(17-10-5-2-6-11-17)15-12-16-8-3-1-4-9-16/h1-6,8-11H,7,12,14-15H2. The van der Waals surface area contributed by atoms with Crippen molar-refractivity contribution in [3.8, 4) is 6.07 Å². The number of anilines is 1. The van der Waals surface area contributed by atoms with Crippen LogP contribution in [0.2, 0.25) is 0 Å². The van der Waals surface area contributed by atoms with E-state index in [1.165, 1.54) is 11.3 Å². The normalized spacial score (nSPS) is 9.84. The van der Waals surface area contributed by atoms with Crippen LogP contribution in [0.25, 0.3) is 0 Å². The van der Waals surface area contributed by atoms with E-state index in [2.05, 4.69) is 47.4 Å². The molecule has 0 amide bonds. The highest BCUT2D eigenvalue weighted by Gasteiger charge is 2.05. The van der Waals surface area contributed by atoms with Crippen molar-refractivity contribution in [2.45, 2.75) is 12.8 Å². The third kappa shape index (κ3) is 4.15. The fourth-order valence-electron chi connectivity index (χ4n) is 2.10. The van der Waals surface area contributed by atoms with Gasteiger partial charge < -0.3 is 4.90 Å². The molecule has 2 nitrogen and oxygen atoms in total. The first-order chi connectivity index (χ1) is 9.40. The molecule has 0 aliphatic rings. The lowest BCUT2D eigenvalue weighted by atomic mass is 10.1. The molecular weight excluding hydrogens is 232 g/mol.